The molecule has 19 heavy (non-hydrogen) atoms. The maximum absolute atomic E-state index is 13.6. The molecule has 1 aromatic carbocycles. The van der Waals surface area contributed by atoms with Gasteiger partial charge in [0.25, 0.3) is 0 Å². The van der Waals surface area contributed by atoms with Crippen LogP contribution in [0.5, 0.6) is 0 Å². The Hall–Kier alpha value is -1.25. The molecule has 0 bridgehead atoms. The lowest BCUT2D eigenvalue weighted by atomic mass is 10.0. The molecule has 0 heterocycles. The Morgan fingerprint density at radius 3 is 2.32 bits per heavy atom. The van der Waals surface area contributed by atoms with Crippen LogP contribution in [0.2, 0.25) is 0 Å². The zero-order valence-corrected chi connectivity index (χ0v) is 11.8. The molecule has 0 N–H and O–H groups in total. The fourth-order valence-electron chi connectivity index (χ4n) is 2.06. The fourth-order valence-corrected chi connectivity index (χ4v) is 2.06. The first-order valence-electron chi connectivity index (χ1n) is 7.05. The lowest BCUT2D eigenvalue weighted by Gasteiger charge is -2.05. The molecule has 0 amide bonds. The summed E-state index contributed by atoms with van der Waals surface area (Å²) in [4.78, 5) is 11.8. The van der Waals surface area contributed by atoms with Crippen LogP contribution in [0.3, 0.4) is 0 Å². The van der Waals surface area contributed by atoms with Crippen molar-refractivity contribution in [3.05, 3.63) is 34.9 Å². The summed E-state index contributed by atoms with van der Waals surface area (Å²) in [6.45, 7) is 3.64. The van der Waals surface area contributed by atoms with Crippen LogP contribution >= 0.6 is 0 Å². The van der Waals surface area contributed by atoms with Crippen LogP contribution in [0.25, 0.3) is 0 Å². The SMILES string of the molecule is CCCCCCCCC(=O)c1cc(F)c(C)cc1F. The summed E-state index contributed by atoms with van der Waals surface area (Å²) < 4.78 is 26.9. The number of aryl methyl sites for hydroxylation is 1. The Morgan fingerprint density at radius 2 is 1.63 bits per heavy atom. The number of Topliss-reactive ketones (excluding diaryl/α,β-unsaturated/α-hetero) is 1. The van der Waals surface area contributed by atoms with E-state index in [9.17, 15) is 13.6 Å². The molecule has 0 saturated heterocycles. The van der Waals surface area contributed by atoms with E-state index < -0.39 is 11.6 Å². The number of hydrogen-bond acceptors (Lipinski definition) is 1. The zero-order chi connectivity index (χ0) is 14.3. The van der Waals surface area contributed by atoms with Gasteiger partial charge in [0.05, 0.1) is 5.56 Å². The van der Waals surface area contributed by atoms with Crippen molar-refractivity contribution in [2.45, 2.75) is 58.8 Å². The predicted molar refractivity (Wildman–Crippen MR) is 73.4 cm³/mol. The molecule has 1 rings (SSSR count). The summed E-state index contributed by atoms with van der Waals surface area (Å²) in [5.74, 6) is -1.44. The largest absolute Gasteiger partial charge is 0.294 e. The first-order valence-corrected chi connectivity index (χ1v) is 7.05. The Bertz CT molecular complexity index is 427. The van der Waals surface area contributed by atoms with Crippen molar-refractivity contribution in [3.8, 4) is 0 Å². The molecule has 1 aromatic rings. The highest BCUT2D eigenvalue weighted by molar-refractivity contribution is 5.96. The Labute approximate surface area is 114 Å². The number of halogens is 2. The maximum atomic E-state index is 13.6. The molecule has 0 unspecified atom stereocenters. The van der Waals surface area contributed by atoms with Gasteiger partial charge in [-0.2, -0.15) is 0 Å². The third kappa shape index (κ3) is 5.09. The third-order valence-corrected chi connectivity index (χ3v) is 3.31. The lowest BCUT2D eigenvalue weighted by molar-refractivity contribution is 0.0974. The van der Waals surface area contributed by atoms with Crippen LogP contribution in [-0.2, 0) is 0 Å². The van der Waals surface area contributed by atoms with Gasteiger partial charge in [-0.15, -0.1) is 0 Å². The second kappa shape index (κ2) is 8.03. The van der Waals surface area contributed by atoms with Gasteiger partial charge in [0.1, 0.15) is 11.6 Å². The van der Waals surface area contributed by atoms with Gasteiger partial charge < -0.3 is 0 Å². The molecule has 0 atom stereocenters. The first kappa shape index (κ1) is 15.8. The van der Waals surface area contributed by atoms with Crippen molar-refractivity contribution < 1.29 is 13.6 Å². The van der Waals surface area contributed by atoms with Gasteiger partial charge in [-0.05, 0) is 31.0 Å². The van der Waals surface area contributed by atoms with E-state index in [2.05, 4.69) is 6.92 Å². The molecule has 0 saturated carbocycles. The second-order valence-corrected chi connectivity index (χ2v) is 5.02. The minimum atomic E-state index is -0.616. The van der Waals surface area contributed by atoms with Crippen LogP contribution in [0, 0.1) is 18.6 Å². The number of ketones is 1. The molecule has 106 valence electrons. The van der Waals surface area contributed by atoms with Crippen molar-refractivity contribution in [2.24, 2.45) is 0 Å². The molecule has 0 radical (unpaired) electrons. The highest BCUT2D eigenvalue weighted by Crippen LogP contribution is 2.17. The molecule has 0 aliphatic carbocycles. The van der Waals surface area contributed by atoms with Gasteiger partial charge in [-0.3, -0.25) is 4.79 Å². The van der Waals surface area contributed by atoms with E-state index in [0.717, 1.165) is 31.4 Å². The molecule has 0 spiro atoms. The van der Waals surface area contributed by atoms with Crippen molar-refractivity contribution >= 4 is 5.78 Å². The molecular weight excluding hydrogens is 246 g/mol. The average molecular weight is 268 g/mol. The second-order valence-electron chi connectivity index (χ2n) is 5.02. The topological polar surface area (TPSA) is 17.1 Å². The summed E-state index contributed by atoms with van der Waals surface area (Å²) >= 11 is 0. The average Bonchev–Trinajstić information content (AvgIpc) is 2.37. The van der Waals surface area contributed by atoms with Gasteiger partial charge in [0, 0.05) is 6.42 Å². The highest BCUT2D eigenvalue weighted by atomic mass is 19.1. The van der Waals surface area contributed by atoms with E-state index >= 15 is 0 Å². The van der Waals surface area contributed by atoms with Gasteiger partial charge in [0.2, 0.25) is 0 Å². The zero-order valence-electron chi connectivity index (χ0n) is 11.8. The molecule has 1 nitrogen and oxygen atoms in total. The number of carbonyl (C=O) groups excluding carboxylic acids is 1. The summed E-state index contributed by atoms with van der Waals surface area (Å²) in [6.07, 6.45) is 6.70. The number of hydrogen-bond donors (Lipinski definition) is 0. The van der Waals surface area contributed by atoms with E-state index in [1.807, 2.05) is 0 Å². The van der Waals surface area contributed by atoms with E-state index in [-0.39, 0.29) is 16.9 Å². The van der Waals surface area contributed by atoms with E-state index in [0.29, 0.717) is 6.42 Å². The molecule has 0 aliphatic heterocycles. The first-order chi connectivity index (χ1) is 9.06. The highest BCUT2D eigenvalue weighted by Gasteiger charge is 2.14. The van der Waals surface area contributed by atoms with Gasteiger partial charge >= 0.3 is 0 Å². The number of carbonyl (C=O) groups is 1. The van der Waals surface area contributed by atoms with Crippen molar-refractivity contribution in [1.82, 2.24) is 0 Å². The van der Waals surface area contributed by atoms with Crippen molar-refractivity contribution in [3.63, 3.8) is 0 Å². The summed E-state index contributed by atoms with van der Waals surface area (Å²) in [7, 11) is 0. The molecule has 0 aliphatic rings. The van der Waals surface area contributed by atoms with Gasteiger partial charge in [-0.25, -0.2) is 8.78 Å². The Kier molecular flexibility index (Phi) is 6.68. The number of benzene rings is 1. The standard InChI is InChI=1S/C16H22F2O/c1-3-4-5-6-7-8-9-16(19)13-11-14(17)12(2)10-15(13)18/h10-11H,3-9H2,1-2H3. The Balaban J connectivity index is 2.43. The molecular formula is C16H22F2O. The summed E-state index contributed by atoms with van der Waals surface area (Å²) in [6, 6.07) is 2.11. The minimum Gasteiger partial charge on any atom is -0.294 e. The smallest absolute Gasteiger partial charge is 0.165 e. The van der Waals surface area contributed by atoms with Crippen molar-refractivity contribution in [2.75, 3.05) is 0 Å². The van der Waals surface area contributed by atoms with Crippen molar-refractivity contribution in [1.29, 1.82) is 0 Å². The van der Waals surface area contributed by atoms with Crippen LogP contribution in [0.1, 0.15) is 67.8 Å². The normalized spacial score (nSPS) is 10.7. The predicted octanol–water partition coefficient (Wildman–Crippen LogP) is 5.21. The number of rotatable bonds is 8. The quantitative estimate of drug-likeness (QED) is 0.467. The van der Waals surface area contributed by atoms with E-state index in [1.54, 1.807) is 0 Å². The lowest BCUT2D eigenvalue weighted by Crippen LogP contribution is -2.04. The van der Waals surface area contributed by atoms with Crippen LogP contribution in [0.15, 0.2) is 12.1 Å². The minimum absolute atomic E-state index is 0.114. The number of unbranched alkanes of at least 4 members (excludes halogenated alkanes) is 5. The fraction of sp³-hybridized carbons (Fsp3) is 0.562. The maximum Gasteiger partial charge on any atom is 0.165 e. The van der Waals surface area contributed by atoms with E-state index in [1.165, 1.54) is 26.2 Å². The van der Waals surface area contributed by atoms with Crippen LogP contribution in [0.4, 0.5) is 8.78 Å². The summed E-state index contributed by atoms with van der Waals surface area (Å²) in [5, 5.41) is 0. The third-order valence-electron chi connectivity index (χ3n) is 3.31. The van der Waals surface area contributed by atoms with E-state index in [4.69, 9.17) is 0 Å². The molecule has 0 aromatic heterocycles. The van der Waals surface area contributed by atoms with Gasteiger partial charge in [0.15, 0.2) is 5.78 Å². The summed E-state index contributed by atoms with van der Waals surface area (Å²) in [5.41, 5.74) is 0.116. The van der Waals surface area contributed by atoms with Gasteiger partial charge in [-0.1, -0.05) is 39.0 Å². The molecule has 0 fully saturated rings. The molecule has 3 heteroatoms. The van der Waals surface area contributed by atoms with Crippen LogP contribution in [-0.4, -0.2) is 5.78 Å². The monoisotopic (exact) mass is 268 g/mol. The Morgan fingerprint density at radius 1 is 1.00 bits per heavy atom. The van der Waals surface area contributed by atoms with Crippen LogP contribution < -0.4 is 0 Å².